The Morgan fingerprint density at radius 3 is 2.38 bits per heavy atom. The van der Waals surface area contributed by atoms with Crippen molar-refractivity contribution in [3.05, 3.63) is 96.6 Å². The van der Waals surface area contributed by atoms with Gasteiger partial charge in [-0.3, -0.25) is 14.8 Å². The first-order chi connectivity index (χ1) is 15.5. The molecule has 5 aromatic rings. The average molecular weight is 460 g/mol. The minimum Gasteiger partial charge on any atom is -0.298 e. The molecule has 0 aliphatic heterocycles. The summed E-state index contributed by atoms with van der Waals surface area (Å²) in [6.45, 7) is 0. The summed E-state index contributed by atoms with van der Waals surface area (Å²) < 4.78 is 28.9. The second-order valence-corrected chi connectivity index (χ2v) is 9.75. The van der Waals surface area contributed by atoms with Crippen molar-refractivity contribution in [1.82, 2.24) is 4.98 Å². The molecule has 0 fully saturated rings. The van der Waals surface area contributed by atoms with Crippen molar-refractivity contribution < 1.29 is 13.2 Å². The third-order valence-corrected chi connectivity index (χ3v) is 7.37. The van der Waals surface area contributed by atoms with Crippen LogP contribution in [0.5, 0.6) is 0 Å². The number of carbonyl (C=O) groups excluding carboxylic acids is 1. The van der Waals surface area contributed by atoms with Gasteiger partial charge in [-0.25, -0.2) is 13.4 Å². The molecule has 0 spiro atoms. The predicted molar refractivity (Wildman–Crippen MR) is 129 cm³/mol. The van der Waals surface area contributed by atoms with Crippen molar-refractivity contribution in [2.24, 2.45) is 0 Å². The number of hydrogen-bond donors (Lipinski definition) is 2. The number of hydrogen-bond acceptors (Lipinski definition) is 5. The van der Waals surface area contributed by atoms with Crippen LogP contribution in [0.25, 0.3) is 21.0 Å². The number of fused-ring (bicyclic) bond motifs is 3. The minimum absolute atomic E-state index is 0.119. The highest BCUT2D eigenvalue weighted by molar-refractivity contribution is 7.92. The molecule has 1 aromatic heterocycles. The molecular weight excluding hydrogens is 442 g/mol. The molecule has 158 valence electrons. The van der Waals surface area contributed by atoms with E-state index in [1.807, 2.05) is 36.4 Å². The van der Waals surface area contributed by atoms with Gasteiger partial charge in [0.1, 0.15) is 0 Å². The third-order valence-electron chi connectivity index (χ3n) is 4.97. The van der Waals surface area contributed by atoms with Crippen LogP contribution in [0.1, 0.15) is 10.4 Å². The van der Waals surface area contributed by atoms with Gasteiger partial charge in [0.05, 0.1) is 26.4 Å². The van der Waals surface area contributed by atoms with E-state index in [9.17, 15) is 13.2 Å². The maximum atomic E-state index is 13.0. The molecule has 0 unspecified atom stereocenters. The largest absolute Gasteiger partial charge is 0.298 e. The molecule has 8 heteroatoms. The molecule has 5 rings (SSSR count). The number of nitrogens with one attached hydrogen (secondary N) is 2. The Labute approximate surface area is 188 Å². The average Bonchev–Trinajstić information content (AvgIpc) is 3.23. The summed E-state index contributed by atoms with van der Waals surface area (Å²) in [4.78, 5) is 17.7. The van der Waals surface area contributed by atoms with Gasteiger partial charge in [0.25, 0.3) is 15.9 Å². The molecule has 6 nitrogen and oxygen atoms in total. The first kappa shape index (κ1) is 20.2. The second kappa shape index (κ2) is 8.07. The zero-order valence-electron chi connectivity index (χ0n) is 16.6. The summed E-state index contributed by atoms with van der Waals surface area (Å²) >= 11 is 1.38. The van der Waals surface area contributed by atoms with Crippen molar-refractivity contribution in [2.45, 2.75) is 4.90 Å². The molecule has 0 aliphatic rings. The molecule has 2 N–H and O–H groups in total. The summed E-state index contributed by atoms with van der Waals surface area (Å²) in [7, 11) is -3.83. The molecule has 1 amide bonds. The van der Waals surface area contributed by atoms with Gasteiger partial charge in [0.2, 0.25) is 0 Å². The SMILES string of the molecule is O=C(Nc1nc2ccc3ccccc3c2s1)c1ccccc1NS(=O)(=O)c1ccccc1. The van der Waals surface area contributed by atoms with Crippen LogP contribution in [0.4, 0.5) is 10.8 Å². The van der Waals surface area contributed by atoms with Crippen LogP contribution in [0.2, 0.25) is 0 Å². The van der Waals surface area contributed by atoms with Gasteiger partial charge in [0, 0.05) is 5.39 Å². The number of amides is 1. The molecule has 0 radical (unpaired) electrons. The van der Waals surface area contributed by atoms with E-state index in [0.29, 0.717) is 5.13 Å². The highest BCUT2D eigenvalue weighted by Gasteiger charge is 2.19. The van der Waals surface area contributed by atoms with Crippen molar-refractivity contribution in [3.63, 3.8) is 0 Å². The van der Waals surface area contributed by atoms with Crippen molar-refractivity contribution in [1.29, 1.82) is 0 Å². The first-order valence-corrected chi connectivity index (χ1v) is 12.1. The third kappa shape index (κ3) is 3.81. The predicted octanol–water partition coefficient (Wildman–Crippen LogP) is 5.50. The quantitative estimate of drug-likeness (QED) is 0.363. The number of thiazole rings is 1. The standard InChI is InChI=1S/C24H17N3O3S2/c28-23(26-24-25-21-15-14-16-8-4-5-11-18(16)22(21)31-24)19-12-6-7-13-20(19)27-32(29,30)17-9-2-1-3-10-17/h1-15,27H,(H,25,26,28). The molecule has 0 saturated carbocycles. The van der Waals surface area contributed by atoms with Crippen LogP contribution in [-0.4, -0.2) is 19.3 Å². The van der Waals surface area contributed by atoms with Gasteiger partial charge in [-0.1, -0.05) is 72.0 Å². The zero-order chi connectivity index (χ0) is 22.1. The van der Waals surface area contributed by atoms with Gasteiger partial charge < -0.3 is 0 Å². The highest BCUT2D eigenvalue weighted by atomic mass is 32.2. The van der Waals surface area contributed by atoms with Gasteiger partial charge >= 0.3 is 0 Å². The fourth-order valence-electron chi connectivity index (χ4n) is 3.45. The summed E-state index contributed by atoms with van der Waals surface area (Å²) in [6.07, 6.45) is 0. The maximum Gasteiger partial charge on any atom is 0.261 e. The Hall–Kier alpha value is -3.75. The number of para-hydroxylation sites is 1. The topological polar surface area (TPSA) is 88.2 Å². The van der Waals surface area contributed by atoms with Crippen LogP contribution in [0, 0.1) is 0 Å². The van der Waals surface area contributed by atoms with Crippen LogP contribution in [0.15, 0.2) is 95.9 Å². The molecule has 0 atom stereocenters. The lowest BCUT2D eigenvalue weighted by molar-refractivity contribution is 0.102. The van der Waals surface area contributed by atoms with Crippen molar-refractivity contribution >= 4 is 59.1 Å². The summed E-state index contributed by atoms with van der Waals surface area (Å²) in [5.74, 6) is -0.445. The summed E-state index contributed by atoms with van der Waals surface area (Å²) in [5.41, 5.74) is 1.19. The van der Waals surface area contributed by atoms with E-state index in [4.69, 9.17) is 0 Å². The van der Waals surface area contributed by atoms with Gasteiger partial charge in [-0.2, -0.15) is 0 Å². The van der Waals surface area contributed by atoms with Gasteiger partial charge in [-0.05, 0) is 35.7 Å². The Kier molecular flexibility index (Phi) is 5.08. The van der Waals surface area contributed by atoms with E-state index in [2.05, 4.69) is 15.0 Å². The Morgan fingerprint density at radius 1 is 0.812 bits per heavy atom. The fraction of sp³-hybridized carbons (Fsp3) is 0. The Morgan fingerprint density at radius 2 is 1.53 bits per heavy atom. The van der Waals surface area contributed by atoms with E-state index in [1.54, 1.807) is 42.5 Å². The van der Waals surface area contributed by atoms with E-state index >= 15 is 0 Å². The molecule has 32 heavy (non-hydrogen) atoms. The second-order valence-electron chi connectivity index (χ2n) is 7.07. The van der Waals surface area contributed by atoms with E-state index in [0.717, 1.165) is 21.0 Å². The maximum absolute atomic E-state index is 13.0. The summed E-state index contributed by atoms with van der Waals surface area (Å²) in [6, 6.07) is 26.4. The van der Waals surface area contributed by atoms with E-state index < -0.39 is 15.9 Å². The lowest BCUT2D eigenvalue weighted by Gasteiger charge is -2.12. The van der Waals surface area contributed by atoms with Crippen LogP contribution >= 0.6 is 11.3 Å². The number of anilines is 2. The van der Waals surface area contributed by atoms with Crippen molar-refractivity contribution in [3.8, 4) is 0 Å². The van der Waals surface area contributed by atoms with Crippen LogP contribution < -0.4 is 10.0 Å². The number of nitrogens with zero attached hydrogens (tertiary/aromatic N) is 1. The lowest BCUT2D eigenvalue weighted by Crippen LogP contribution is -2.18. The number of carbonyl (C=O) groups is 1. The van der Waals surface area contributed by atoms with Gasteiger partial charge in [0.15, 0.2) is 5.13 Å². The monoisotopic (exact) mass is 459 g/mol. The van der Waals surface area contributed by atoms with Crippen LogP contribution in [-0.2, 0) is 10.0 Å². The first-order valence-electron chi connectivity index (χ1n) is 9.78. The number of aromatic nitrogens is 1. The van der Waals surface area contributed by atoms with Gasteiger partial charge in [-0.15, -0.1) is 0 Å². The normalized spacial score (nSPS) is 11.5. The summed E-state index contributed by atoms with van der Waals surface area (Å²) in [5, 5.41) is 5.43. The number of rotatable bonds is 5. The molecule has 0 saturated heterocycles. The number of benzene rings is 4. The van der Waals surface area contributed by atoms with E-state index in [1.165, 1.54) is 23.5 Å². The number of sulfonamides is 1. The molecular formula is C24H17N3O3S2. The Bertz CT molecular complexity index is 1560. The Balaban J connectivity index is 1.45. The van der Waals surface area contributed by atoms with E-state index in [-0.39, 0.29) is 16.1 Å². The van der Waals surface area contributed by atoms with Crippen molar-refractivity contribution in [2.75, 3.05) is 10.0 Å². The molecule has 0 bridgehead atoms. The highest BCUT2D eigenvalue weighted by Crippen LogP contribution is 2.33. The van der Waals surface area contributed by atoms with Crippen LogP contribution in [0.3, 0.4) is 0 Å². The lowest BCUT2D eigenvalue weighted by atomic mass is 10.1. The molecule has 4 aromatic carbocycles. The fourth-order valence-corrected chi connectivity index (χ4v) is 5.54. The molecule has 1 heterocycles. The zero-order valence-corrected chi connectivity index (χ0v) is 18.3. The molecule has 0 aliphatic carbocycles. The minimum atomic E-state index is -3.83. The smallest absolute Gasteiger partial charge is 0.261 e.